The zero-order valence-electron chi connectivity index (χ0n) is 16.9. The summed E-state index contributed by atoms with van der Waals surface area (Å²) in [6, 6.07) is 14.1. The fraction of sp³-hybridized carbons (Fsp3) is 0.0476. The Hall–Kier alpha value is -3.77. The summed E-state index contributed by atoms with van der Waals surface area (Å²) in [5, 5.41) is 19.4. The fourth-order valence-corrected chi connectivity index (χ4v) is 3.97. The number of rotatable bonds is 7. The van der Waals surface area contributed by atoms with Crippen LogP contribution in [0, 0.1) is 6.92 Å². The van der Waals surface area contributed by atoms with Gasteiger partial charge in [0.2, 0.25) is 0 Å². The Morgan fingerprint density at radius 1 is 1.03 bits per heavy atom. The summed E-state index contributed by atoms with van der Waals surface area (Å²) in [6.45, 7) is 1.73. The number of carboxylic acids is 1. The van der Waals surface area contributed by atoms with Crippen molar-refractivity contribution in [1.29, 1.82) is 0 Å². The lowest BCUT2D eigenvalue weighted by Gasteiger charge is -2.07. The number of nitrogens with one attached hydrogen (secondary N) is 2. The van der Waals surface area contributed by atoms with Crippen molar-refractivity contribution in [2.45, 2.75) is 11.8 Å². The molecule has 4 aromatic rings. The minimum Gasteiger partial charge on any atom is -0.478 e. The zero-order chi connectivity index (χ0) is 23.5. The molecule has 2 aromatic carbocycles. The van der Waals surface area contributed by atoms with E-state index >= 15 is 0 Å². The highest BCUT2D eigenvalue weighted by atomic mass is 79.9. The van der Waals surface area contributed by atoms with E-state index < -0.39 is 22.9 Å². The van der Waals surface area contributed by atoms with Gasteiger partial charge in [-0.1, -0.05) is 26.2 Å². The Kier molecular flexibility index (Phi) is 6.38. The van der Waals surface area contributed by atoms with Crippen molar-refractivity contribution in [2.24, 2.45) is 0 Å². The molecular weight excluding hydrogens is 516 g/mol. The Labute approximate surface area is 197 Å². The molecule has 0 aliphatic rings. The topological polar surface area (TPSA) is 148 Å². The first kappa shape index (κ1) is 22.4. The number of aromatic nitrogens is 2. The Bertz CT molecular complexity index is 1370. The van der Waals surface area contributed by atoms with Crippen LogP contribution in [0.15, 0.2) is 73.0 Å². The molecule has 10 nitrogen and oxygen atoms in total. The molecule has 1 amide bonds. The molecule has 1 atom stereocenters. The first-order chi connectivity index (χ1) is 15.8. The van der Waals surface area contributed by atoms with Crippen LogP contribution in [0.3, 0.4) is 0 Å². The molecule has 168 valence electrons. The fourth-order valence-electron chi connectivity index (χ4n) is 2.82. The van der Waals surface area contributed by atoms with Gasteiger partial charge >= 0.3 is 5.97 Å². The maximum atomic E-state index is 12.5. The Morgan fingerprint density at radius 3 is 2.45 bits per heavy atom. The molecule has 0 bridgehead atoms. The first-order valence-electron chi connectivity index (χ1n) is 9.33. The number of aromatic carboxylic acids is 1. The Morgan fingerprint density at radius 2 is 1.79 bits per heavy atom. The first-order valence-corrected chi connectivity index (χ1v) is 11.3. The van der Waals surface area contributed by atoms with E-state index in [1.807, 2.05) is 0 Å². The number of hydrogen-bond donors (Lipinski definition) is 3. The van der Waals surface area contributed by atoms with Crippen molar-refractivity contribution in [2.75, 3.05) is 10.0 Å². The summed E-state index contributed by atoms with van der Waals surface area (Å²) in [6.07, 6.45) is 0. The minimum absolute atomic E-state index is 0.0278. The molecule has 0 aliphatic heterocycles. The van der Waals surface area contributed by atoms with E-state index in [0.29, 0.717) is 32.3 Å². The van der Waals surface area contributed by atoms with Crippen molar-refractivity contribution in [3.05, 3.63) is 76.1 Å². The highest BCUT2D eigenvalue weighted by Crippen LogP contribution is 2.25. The molecule has 3 N–H and O–H groups in total. The lowest BCUT2D eigenvalue weighted by atomic mass is 10.1. The maximum Gasteiger partial charge on any atom is 0.337 e. The number of halogens is 1. The smallest absolute Gasteiger partial charge is 0.337 e. The monoisotopic (exact) mass is 530 g/mol. The highest BCUT2D eigenvalue weighted by Gasteiger charge is 2.18. The summed E-state index contributed by atoms with van der Waals surface area (Å²) in [5.41, 5.74) is 0.635. The molecule has 0 saturated heterocycles. The number of amides is 1. The number of carbonyl (C=O) groups excluding carboxylic acids is 1. The predicted molar refractivity (Wildman–Crippen MR) is 122 cm³/mol. The van der Waals surface area contributed by atoms with Gasteiger partial charge in [-0.3, -0.25) is 9.52 Å². The normalized spacial score (nSPS) is 11.7. The number of aryl methyl sites for hydroxylation is 1. The minimum atomic E-state index is -1.55. The Balaban J connectivity index is 1.46. The summed E-state index contributed by atoms with van der Waals surface area (Å²) in [4.78, 5) is 24.5. The molecule has 4 rings (SSSR count). The summed E-state index contributed by atoms with van der Waals surface area (Å²) >= 11 is 3.20. The SMILES string of the molecule is Cc1cc(NS(=O)c2ccc(-c3cc(C(=O)Nc4ccc(Br)cc4C(=O)O)no3)cc2)no1. The van der Waals surface area contributed by atoms with Gasteiger partial charge in [0.1, 0.15) is 5.76 Å². The molecule has 0 spiro atoms. The second-order valence-corrected chi connectivity index (χ2v) is 8.87. The molecule has 33 heavy (non-hydrogen) atoms. The predicted octanol–water partition coefficient (Wildman–Crippen LogP) is 4.49. The largest absolute Gasteiger partial charge is 0.478 e. The van der Waals surface area contributed by atoms with Crippen molar-refractivity contribution >= 4 is 50.3 Å². The standard InChI is InChI=1S/C21H15BrN4O6S/c1-11-8-19(25-31-11)26-33(30)14-5-2-12(3-6-14)18-10-17(24-32-18)20(27)23-16-7-4-13(22)9-15(16)21(28)29/h2-10H,1H3,(H,23,27)(H,25,26)(H,28,29). The molecule has 0 fully saturated rings. The van der Waals surface area contributed by atoms with Crippen LogP contribution in [0.1, 0.15) is 26.6 Å². The van der Waals surface area contributed by atoms with E-state index in [2.05, 4.69) is 36.3 Å². The molecule has 2 aromatic heterocycles. The second kappa shape index (κ2) is 9.38. The van der Waals surface area contributed by atoms with Gasteiger partial charge in [-0.05, 0) is 49.4 Å². The van der Waals surface area contributed by atoms with Gasteiger partial charge in [-0.2, -0.15) is 0 Å². The molecular formula is C21H15BrN4O6S. The van der Waals surface area contributed by atoms with Gasteiger partial charge in [0.05, 0.1) is 16.1 Å². The molecule has 0 aliphatic carbocycles. The van der Waals surface area contributed by atoms with E-state index in [-0.39, 0.29) is 16.9 Å². The third-order valence-corrected chi connectivity index (χ3v) is 5.97. The van der Waals surface area contributed by atoms with Crippen LogP contribution in [0.2, 0.25) is 0 Å². The quantitative estimate of drug-likeness (QED) is 0.316. The highest BCUT2D eigenvalue weighted by molar-refractivity contribution is 9.10. The van der Waals surface area contributed by atoms with Crippen molar-refractivity contribution in [3.63, 3.8) is 0 Å². The average Bonchev–Trinajstić information content (AvgIpc) is 3.44. The third-order valence-electron chi connectivity index (χ3n) is 4.38. The van der Waals surface area contributed by atoms with Crippen LogP contribution in [0.5, 0.6) is 0 Å². The molecule has 1 unspecified atom stereocenters. The average molecular weight is 531 g/mol. The lowest BCUT2D eigenvalue weighted by molar-refractivity contribution is 0.0698. The van der Waals surface area contributed by atoms with Crippen LogP contribution >= 0.6 is 15.9 Å². The maximum absolute atomic E-state index is 12.5. The van der Waals surface area contributed by atoms with E-state index in [0.717, 1.165) is 0 Å². The van der Waals surface area contributed by atoms with E-state index in [1.165, 1.54) is 18.2 Å². The summed E-state index contributed by atoms with van der Waals surface area (Å²) in [5.74, 6) is -0.545. The third kappa shape index (κ3) is 5.18. The van der Waals surface area contributed by atoms with Gasteiger partial charge < -0.3 is 19.5 Å². The molecule has 12 heteroatoms. The van der Waals surface area contributed by atoms with Crippen LogP contribution in [0.4, 0.5) is 11.5 Å². The molecule has 0 saturated carbocycles. The van der Waals surface area contributed by atoms with E-state index in [1.54, 1.807) is 43.3 Å². The van der Waals surface area contributed by atoms with Gasteiger partial charge in [0, 0.05) is 22.2 Å². The summed E-state index contributed by atoms with van der Waals surface area (Å²) in [7, 11) is -1.55. The van der Waals surface area contributed by atoms with Crippen molar-refractivity contribution < 1.29 is 28.0 Å². The number of carboxylic acid groups (broad SMARTS) is 1. The van der Waals surface area contributed by atoms with Crippen molar-refractivity contribution in [3.8, 4) is 11.3 Å². The molecule has 0 radical (unpaired) electrons. The number of benzene rings is 2. The van der Waals surface area contributed by atoms with Crippen LogP contribution < -0.4 is 10.0 Å². The van der Waals surface area contributed by atoms with Gasteiger partial charge in [0.15, 0.2) is 28.3 Å². The summed E-state index contributed by atoms with van der Waals surface area (Å²) < 4.78 is 25.9. The lowest BCUT2D eigenvalue weighted by Crippen LogP contribution is -2.15. The van der Waals surface area contributed by atoms with Gasteiger partial charge in [0.25, 0.3) is 5.91 Å². The van der Waals surface area contributed by atoms with E-state index in [4.69, 9.17) is 9.05 Å². The van der Waals surface area contributed by atoms with Gasteiger partial charge in [-0.25, -0.2) is 9.00 Å². The van der Waals surface area contributed by atoms with Gasteiger partial charge in [-0.15, -0.1) is 0 Å². The number of anilines is 2. The number of nitrogens with zero attached hydrogens (tertiary/aromatic N) is 2. The van der Waals surface area contributed by atoms with Crippen LogP contribution in [-0.2, 0) is 11.0 Å². The van der Waals surface area contributed by atoms with Crippen LogP contribution in [0.25, 0.3) is 11.3 Å². The zero-order valence-corrected chi connectivity index (χ0v) is 19.3. The second-order valence-electron chi connectivity index (χ2n) is 6.74. The number of hydrogen-bond acceptors (Lipinski definition) is 7. The van der Waals surface area contributed by atoms with Crippen molar-refractivity contribution in [1.82, 2.24) is 10.3 Å². The van der Waals surface area contributed by atoms with Crippen LogP contribution in [-0.4, -0.2) is 31.5 Å². The number of carbonyl (C=O) groups is 2. The van der Waals surface area contributed by atoms with E-state index in [9.17, 15) is 18.9 Å². The molecule has 2 heterocycles.